The Balaban J connectivity index is 1.83. The number of pyridine rings is 1. The van der Waals surface area contributed by atoms with E-state index in [1.165, 1.54) is 6.07 Å². The molecule has 0 amide bonds. The number of halogens is 2. The van der Waals surface area contributed by atoms with Gasteiger partial charge in [-0.05, 0) is 98.6 Å². The number of hydrogen-bond donors (Lipinski definition) is 4. The fraction of sp³-hybridized carbons (Fsp3) is 0.143. The fourth-order valence-electron chi connectivity index (χ4n) is 2.83. The maximum absolute atomic E-state index is 11.2. The van der Waals surface area contributed by atoms with Crippen molar-refractivity contribution >= 4 is 62.9 Å². The smallest absolute Gasteiger partial charge is 0.320 e. The van der Waals surface area contributed by atoms with Gasteiger partial charge in [0.05, 0.1) is 0 Å². The lowest BCUT2D eigenvalue weighted by Crippen LogP contribution is -2.32. The number of H-pyrrole nitrogens is 1. The Morgan fingerprint density at radius 2 is 1.80 bits per heavy atom. The third-order valence-corrected chi connectivity index (χ3v) is 7.91. The lowest BCUT2D eigenvalue weighted by Gasteiger charge is -2.13. The summed E-state index contributed by atoms with van der Waals surface area (Å²) in [5.41, 5.74) is 8.04. The zero-order valence-corrected chi connectivity index (χ0v) is 20.7. The van der Waals surface area contributed by atoms with Crippen molar-refractivity contribution in [1.29, 1.82) is 0 Å². The molecule has 0 aliphatic carbocycles. The van der Waals surface area contributed by atoms with E-state index in [0.717, 1.165) is 33.6 Å². The Kier molecular flexibility index (Phi) is 7.82. The van der Waals surface area contributed by atoms with Crippen LogP contribution >= 0.6 is 56.9 Å². The number of phenols is 1. The number of phenolic OH excluding ortho intramolecular Hbond substituents is 1. The summed E-state index contributed by atoms with van der Waals surface area (Å²) < 4.78 is 2.01. The first-order chi connectivity index (χ1) is 14.2. The topological polar surface area (TPSA) is 116 Å². The second kappa shape index (κ2) is 10.2. The predicted octanol–water partition coefficient (Wildman–Crippen LogP) is 3.99. The number of carbonyl (C=O) groups is 1. The number of aromatic hydroxyl groups is 1. The summed E-state index contributed by atoms with van der Waals surface area (Å²) >= 11 is 6.06. The Bertz CT molecular complexity index is 1110. The molecule has 156 valence electrons. The van der Waals surface area contributed by atoms with Gasteiger partial charge in [0.1, 0.15) is 11.8 Å². The molecule has 0 bridgehead atoms. The van der Waals surface area contributed by atoms with Crippen molar-refractivity contribution < 1.29 is 15.0 Å². The second-order valence-corrected chi connectivity index (χ2v) is 10.1. The van der Waals surface area contributed by atoms with Crippen LogP contribution in [0.1, 0.15) is 16.7 Å². The number of nitrogens with one attached hydrogen (secondary N) is 1. The molecule has 0 unspecified atom stereocenters. The first-order valence-corrected chi connectivity index (χ1v) is 11.8. The summed E-state index contributed by atoms with van der Waals surface area (Å²) in [7, 11) is 0. The summed E-state index contributed by atoms with van der Waals surface area (Å²) in [5.74, 6) is -0.814. The molecule has 0 saturated heterocycles. The van der Waals surface area contributed by atoms with E-state index >= 15 is 0 Å². The molecule has 0 radical (unpaired) electrons. The van der Waals surface area contributed by atoms with E-state index in [9.17, 15) is 14.7 Å². The maximum atomic E-state index is 11.2. The van der Waals surface area contributed by atoms with Crippen LogP contribution in [0, 0.1) is 7.14 Å². The Labute approximate surface area is 204 Å². The Hall–Kier alpha value is -1.57. The molecule has 30 heavy (non-hydrogen) atoms. The molecule has 0 fully saturated rings. The summed E-state index contributed by atoms with van der Waals surface area (Å²) in [5, 5.41) is 19.3. The highest BCUT2D eigenvalue weighted by molar-refractivity contribution is 14.1. The molecule has 9 heteroatoms. The summed E-state index contributed by atoms with van der Waals surface area (Å²) in [6.45, 7) is 0. The minimum atomic E-state index is -1.02. The number of carboxylic acid groups (broad SMARTS) is 1. The summed E-state index contributed by atoms with van der Waals surface area (Å²) in [6, 6.07) is 11.6. The van der Waals surface area contributed by atoms with Gasteiger partial charge in [-0.25, -0.2) is 0 Å². The number of aromatic nitrogens is 1. The third kappa shape index (κ3) is 5.99. The van der Waals surface area contributed by atoms with Gasteiger partial charge < -0.3 is 20.9 Å². The van der Waals surface area contributed by atoms with Crippen molar-refractivity contribution in [2.24, 2.45) is 5.73 Å². The van der Waals surface area contributed by atoms with E-state index in [1.54, 1.807) is 30.1 Å². The summed E-state index contributed by atoms with van der Waals surface area (Å²) in [6.07, 6.45) is 2.42. The van der Waals surface area contributed by atoms with Crippen molar-refractivity contribution in [3.05, 3.63) is 82.8 Å². The quantitative estimate of drug-likeness (QED) is 0.288. The number of aromatic amines is 1. The average molecular weight is 648 g/mol. The number of hydrogen-bond acceptors (Lipinski definition) is 5. The van der Waals surface area contributed by atoms with E-state index in [2.05, 4.69) is 50.2 Å². The molecule has 2 aromatic carbocycles. The number of carboxylic acids is 1. The van der Waals surface area contributed by atoms with Crippen LogP contribution in [-0.4, -0.2) is 27.2 Å². The highest BCUT2D eigenvalue weighted by Gasteiger charge is 2.16. The van der Waals surface area contributed by atoms with Crippen LogP contribution < -0.4 is 11.3 Å². The van der Waals surface area contributed by atoms with Crippen LogP contribution in [0.25, 0.3) is 0 Å². The standard InChI is InChI=1S/C21H18I2N2O4S/c22-15-6-12(8-17(24)21(28)29)7-16(23)20(15)30-14-2-3-18(26)13(9-14)5-11-1-4-19(27)25-10-11/h1-4,6-7,9-10,17,26H,5,8,24H2,(H,25,27)(H,28,29)/t17-/m0/s1. The number of benzene rings is 2. The molecule has 1 heterocycles. The van der Waals surface area contributed by atoms with Crippen molar-refractivity contribution in [2.45, 2.75) is 28.7 Å². The number of rotatable bonds is 7. The van der Waals surface area contributed by atoms with Crippen molar-refractivity contribution in [2.75, 3.05) is 0 Å². The minimum Gasteiger partial charge on any atom is -0.508 e. The molecule has 1 atom stereocenters. The second-order valence-electron chi connectivity index (χ2n) is 6.67. The molecular weight excluding hydrogens is 630 g/mol. The van der Waals surface area contributed by atoms with Crippen LogP contribution in [0.2, 0.25) is 0 Å². The van der Waals surface area contributed by atoms with Gasteiger partial charge in [-0.3, -0.25) is 9.59 Å². The molecule has 3 rings (SSSR count). The van der Waals surface area contributed by atoms with Gasteiger partial charge in [0, 0.05) is 35.6 Å². The van der Waals surface area contributed by atoms with E-state index in [-0.39, 0.29) is 17.7 Å². The zero-order chi connectivity index (χ0) is 21.8. The Morgan fingerprint density at radius 1 is 1.10 bits per heavy atom. The van der Waals surface area contributed by atoms with Gasteiger partial charge in [0.15, 0.2) is 0 Å². The Morgan fingerprint density at radius 3 is 2.40 bits per heavy atom. The highest BCUT2D eigenvalue weighted by Crippen LogP contribution is 2.37. The van der Waals surface area contributed by atoms with Gasteiger partial charge in [-0.15, -0.1) is 0 Å². The monoisotopic (exact) mass is 648 g/mol. The minimum absolute atomic E-state index is 0.163. The lowest BCUT2D eigenvalue weighted by molar-refractivity contribution is -0.138. The van der Waals surface area contributed by atoms with Crippen molar-refractivity contribution in [3.8, 4) is 5.75 Å². The van der Waals surface area contributed by atoms with Gasteiger partial charge >= 0.3 is 5.97 Å². The molecule has 0 spiro atoms. The van der Waals surface area contributed by atoms with Crippen LogP contribution in [0.4, 0.5) is 0 Å². The molecule has 0 saturated carbocycles. The largest absolute Gasteiger partial charge is 0.508 e. The van der Waals surface area contributed by atoms with E-state index < -0.39 is 12.0 Å². The maximum Gasteiger partial charge on any atom is 0.320 e. The summed E-state index contributed by atoms with van der Waals surface area (Å²) in [4.78, 5) is 26.9. The molecule has 5 N–H and O–H groups in total. The van der Waals surface area contributed by atoms with Crippen LogP contribution in [0.5, 0.6) is 5.75 Å². The zero-order valence-electron chi connectivity index (χ0n) is 15.6. The van der Waals surface area contributed by atoms with Gasteiger partial charge in [-0.2, -0.15) is 0 Å². The number of nitrogens with two attached hydrogens (primary N) is 1. The first kappa shape index (κ1) is 23.1. The normalized spacial score (nSPS) is 12.0. The molecule has 0 aliphatic heterocycles. The SMILES string of the molecule is N[C@@H](Cc1cc(I)c(Sc2ccc(O)c(Cc3ccc(=O)[nH]c3)c2)c(I)c1)C(=O)O. The first-order valence-electron chi connectivity index (χ1n) is 8.86. The van der Waals surface area contributed by atoms with Crippen LogP contribution in [0.3, 0.4) is 0 Å². The fourth-order valence-corrected chi connectivity index (χ4v) is 6.27. The molecule has 1 aromatic heterocycles. The predicted molar refractivity (Wildman–Crippen MR) is 133 cm³/mol. The van der Waals surface area contributed by atoms with Crippen LogP contribution in [0.15, 0.2) is 63.2 Å². The molecule has 6 nitrogen and oxygen atoms in total. The van der Waals surface area contributed by atoms with Crippen molar-refractivity contribution in [1.82, 2.24) is 4.98 Å². The van der Waals surface area contributed by atoms with Gasteiger partial charge in [-0.1, -0.05) is 17.8 Å². The van der Waals surface area contributed by atoms with Gasteiger partial charge in [0.25, 0.3) is 0 Å². The lowest BCUT2D eigenvalue weighted by atomic mass is 10.1. The molecule has 0 aliphatic rings. The van der Waals surface area contributed by atoms with E-state index in [4.69, 9.17) is 10.8 Å². The molecule has 3 aromatic rings. The van der Waals surface area contributed by atoms with E-state index in [0.29, 0.717) is 6.42 Å². The highest BCUT2D eigenvalue weighted by atomic mass is 127. The third-order valence-electron chi connectivity index (χ3n) is 4.34. The number of aliphatic carboxylic acids is 1. The molecular formula is C21H18I2N2O4S. The van der Waals surface area contributed by atoms with Crippen molar-refractivity contribution in [3.63, 3.8) is 0 Å². The van der Waals surface area contributed by atoms with Gasteiger partial charge in [0.2, 0.25) is 5.56 Å². The average Bonchev–Trinajstić information content (AvgIpc) is 2.68. The van der Waals surface area contributed by atoms with Crippen LogP contribution in [-0.2, 0) is 17.6 Å². The van der Waals surface area contributed by atoms with E-state index in [1.807, 2.05) is 24.3 Å².